The number of benzene rings is 3. The van der Waals surface area contributed by atoms with E-state index in [1.165, 1.54) is 55.6 Å². The third kappa shape index (κ3) is 11.4. The molecule has 5 N–H and O–H groups in total. The molecular weight excluding hydrogens is 819 g/mol. The lowest BCUT2D eigenvalue weighted by Gasteiger charge is -2.37. The standard InChI is InChI=1S/C33H34Cl2F2N3O8P.C2HF3O2/c1-32(2,3)16-26-33(17-38,21-10-9-19(34)15-23(21)36)27(20-6-5-7-22(35)28(20)37)29(40-26)30(41)39-24-11-8-18(14-25(24)46-4)31(42)47-12-13-48-49(43,44)45;3-2(4,5)1(6)7/h5-11,14-15,26-27,29,40H,12-13,16H2,1-4H3,(H,39,41)(H2,43,44,45);(H,6,7)/t26-,27-,29+,33-;/m0./s1. The number of amides is 1. The highest BCUT2D eigenvalue weighted by molar-refractivity contribution is 7.46. The van der Waals surface area contributed by atoms with Gasteiger partial charge in [0.2, 0.25) is 5.91 Å². The van der Waals surface area contributed by atoms with E-state index in [2.05, 4.69) is 21.2 Å². The highest BCUT2D eigenvalue weighted by atomic mass is 35.5. The Balaban J connectivity index is 0.00000109. The van der Waals surface area contributed by atoms with Gasteiger partial charge in [0, 0.05) is 22.5 Å². The van der Waals surface area contributed by atoms with Crippen molar-refractivity contribution in [3.8, 4) is 11.8 Å². The number of nitriles is 1. The molecule has 1 saturated heterocycles. The first kappa shape index (κ1) is 46.0. The van der Waals surface area contributed by atoms with Crippen LogP contribution in [-0.2, 0) is 28.8 Å². The van der Waals surface area contributed by atoms with Gasteiger partial charge >= 0.3 is 25.9 Å². The number of hydrogen-bond acceptors (Lipinski definition) is 9. The molecule has 1 amide bonds. The van der Waals surface area contributed by atoms with Gasteiger partial charge in [-0.05, 0) is 53.8 Å². The first-order valence-corrected chi connectivity index (χ1v) is 18.4. The van der Waals surface area contributed by atoms with Gasteiger partial charge in [0.1, 0.15) is 29.4 Å². The van der Waals surface area contributed by atoms with Gasteiger partial charge in [-0.25, -0.2) is 22.9 Å². The number of nitrogens with one attached hydrogen (secondary N) is 2. The maximum Gasteiger partial charge on any atom is 0.490 e. The smallest absolute Gasteiger partial charge is 0.490 e. The number of esters is 1. The zero-order valence-electron chi connectivity index (χ0n) is 29.8. The molecule has 0 bridgehead atoms. The number of methoxy groups -OCH3 is 1. The fraction of sp³-hybridized carbons (Fsp3) is 0.371. The zero-order valence-corrected chi connectivity index (χ0v) is 32.2. The number of rotatable bonds is 11. The molecule has 4 rings (SSSR count). The number of carboxylic acids is 1. The first-order chi connectivity index (χ1) is 25.9. The van der Waals surface area contributed by atoms with E-state index in [4.69, 9.17) is 52.4 Å². The van der Waals surface area contributed by atoms with Crippen molar-refractivity contribution < 1.29 is 69.8 Å². The number of ether oxygens (including phenoxy) is 2. The Morgan fingerprint density at radius 2 is 1.68 bits per heavy atom. The highest BCUT2D eigenvalue weighted by Gasteiger charge is 2.61. The van der Waals surface area contributed by atoms with Gasteiger partial charge in [0.05, 0.1) is 42.1 Å². The van der Waals surface area contributed by atoms with Crippen molar-refractivity contribution in [3.63, 3.8) is 0 Å². The topological polar surface area (TPSA) is 205 Å². The van der Waals surface area contributed by atoms with Crippen molar-refractivity contribution in [2.75, 3.05) is 25.6 Å². The van der Waals surface area contributed by atoms with Crippen LogP contribution in [-0.4, -0.2) is 71.3 Å². The fourth-order valence-electron chi connectivity index (χ4n) is 6.06. The van der Waals surface area contributed by atoms with Crippen molar-refractivity contribution in [1.29, 1.82) is 5.26 Å². The van der Waals surface area contributed by atoms with Gasteiger partial charge in [-0.2, -0.15) is 18.4 Å². The Morgan fingerprint density at radius 3 is 2.21 bits per heavy atom. The monoisotopic (exact) mass is 853 g/mol. The molecule has 1 fully saturated rings. The summed E-state index contributed by atoms with van der Waals surface area (Å²) in [5.41, 5.74) is -2.36. The SMILES string of the molecule is COc1cc(C(=O)OCCOP(=O)(O)O)ccc1NC(=O)[C@@H]1N[C@@H](CC(C)(C)C)[C@](C#N)(c2ccc(Cl)cc2F)[C@H]1c1cccc(Cl)c1F.O=C(O)C(F)(F)F. The van der Waals surface area contributed by atoms with Crippen molar-refractivity contribution in [3.05, 3.63) is 93.0 Å². The van der Waals surface area contributed by atoms with E-state index in [-0.39, 0.29) is 44.6 Å². The Kier molecular flexibility index (Phi) is 15.0. The lowest BCUT2D eigenvalue weighted by Crippen LogP contribution is -2.45. The molecule has 21 heteroatoms. The number of alkyl halides is 3. The molecule has 1 aliphatic heterocycles. The maximum atomic E-state index is 15.9. The second-order valence-corrected chi connectivity index (χ2v) is 15.4. The number of carbonyl (C=O) groups excluding carboxylic acids is 2. The Morgan fingerprint density at radius 1 is 1.04 bits per heavy atom. The van der Waals surface area contributed by atoms with Crippen LogP contribution < -0.4 is 15.4 Å². The first-order valence-electron chi connectivity index (χ1n) is 16.1. The van der Waals surface area contributed by atoms with Crippen molar-refractivity contribution in [2.24, 2.45) is 5.41 Å². The summed E-state index contributed by atoms with van der Waals surface area (Å²) >= 11 is 12.3. The normalized spacial score (nSPS) is 19.6. The maximum absolute atomic E-state index is 15.9. The van der Waals surface area contributed by atoms with Gasteiger partial charge in [-0.15, -0.1) is 0 Å². The number of aliphatic carboxylic acids is 1. The number of carbonyl (C=O) groups is 3. The van der Waals surface area contributed by atoms with Crippen LogP contribution in [0.25, 0.3) is 0 Å². The summed E-state index contributed by atoms with van der Waals surface area (Å²) in [6, 6.07) is 12.1. The van der Waals surface area contributed by atoms with E-state index in [0.29, 0.717) is 0 Å². The summed E-state index contributed by atoms with van der Waals surface area (Å²) in [4.78, 5) is 53.2. The van der Waals surface area contributed by atoms with Crippen LogP contribution >= 0.6 is 31.0 Å². The molecule has 0 radical (unpaired) electrons. The van der Waals surface area contributed by atoms with E-state index in [9.17, 15) is 32.6 Å². The second-order valence-electron chi connectivity index (χ2n) is 13.4. The molecule has 3 aromatic carbocycles. The molecule has 0 unspecified atom stereocenters. The third-order valence-corrected chi connectivity index (χ3v) is 9.29. The minimum absolute atomic E-state index is 0.0177. The van der Waals surface area contributed by atoms with Crippen LogP contribution in [0.15, 0.2) is 54.6 Å². The minimum Gasteiger partial charge on any atom is -0.495 e. The molecule has 0 spiro atoms. The molecule has 4 atom stereocenters. The summed E-state index contributed by atoms with van der Waals surface area (Å²) in [7, 11) is -3.46. The Bertz CT molecular complexity index is 2040. The van der Waals surface area contributed by atoms with Gasteiger partial charge in [-0.1, -0.05) is 62.2 Å². The van der Waals surface area contributed by atoms with Crippen LogP contribution in [0.2, 0.25) is 10.0 Å². The molecule has 0 saturated carbocycles. The lowest BCUT2D eigenvalue weighted by molar-refractivity contribution is -0.192. The Hall–Kier alpha value is -4.34. The van der Waals surface area contributed by atoms with Crippen LogP contribution in [0.5, 0.6) is 5.75 Å². The fourth-order valence-corrected chi connectivity index (χ4v) is 6.72. The molecule has 1 heterocycles. The van der Waals surface area contributed by atoms with Crippen molar-refractivity contribution in [1.82, 2.24) is 5.32 Å². The predicted octanol–water partition coefficient (Wildman–Crippen LogP) is 7.14. The summed E-state index contributed by atoms with van der Waals surface area (Å²) in [6.07, 6.45) is -4.82. The molecule has 1 aliphatic rings. The van der Waals surface area contributed by atoms with Crippen LogP contribution in [0, 0.1) is 28.4 Å². The Labute approximate surface area is 326 Å². The van der Waals surface area contributed by atoms with E-state index in [1.54, 1.807) is 0 Å². The van der Waals surface area contributed by atoms with Gasteiger partial charge in [0.15, 0.2) is 0 Å². The molecule has 13 nitrogen and oxygen atoms in total. The van der Waals surface area contributed by atoms with Crippen LogP contribution in [0.3, 0.4) is 0 Å². The number of anilines is 1. The molecule has 0 aliphatic carbocycles. The molecule has 304 valence electrons. The summed E-state index contributed by atoms with van der Waals surface area (Å²) < 4.78 is 89.0. The molecule has 3 aromatic rings. The number of phosphoric acid groups is 1. The van der Waals surface area contributed by atoms with Gasteiger partial charge in [-0.3, -0.25) is 9.32 Å². The van der Waals surface area contributed by atoms with E-state index in [0.717, 1.165) is 6.07 Å². The summed E-state index contributed by atoms with van der Waals surface area (Å²) in [6.45, 7) is 4.74. The predicted molar refractivity (Wildman–Crippen MR) is 191 cm³/mol. The van der Waals surface area contributed by atoms with Crippen LogP contribution in [0.4, 0.5) is 27.6 Å². The zero-order chi connectivity index (χ0) is 42.4. The lowest BCUT2D eigenvalue weighted by atomic mass is 9.62. The summed E-state index contributed by atoms with van der Waals surface area (Å²) in [5, 5.41) is 23.9. The number of nitrogens with zero attached hydrogens (tertiary/aromatic N) is 1. The second kappa shape index (κ2) is 18.3. The molecular formula is C35H35Cl2F5N3O10P. The summed E-state index contributed by atoms with van der Waals surface area (Å²) in [5.74, 6) is -7.31. The van der Waals surface area contributed by atoms with E-state index in [1.807, 2.05) is 20.8 Å². The molecule has 56 heavy (non-hydrogen) atoms. The highest BCUT2D eigenvalue weighted by Crippen LogP contribution is 2.53. The van der Waals surface area contributed by atoms with Crippen LogP contribution in [0.1, 0.15) is 54.6 Å². The average molecular weight is 855 g/mol. The number of carboxylic acid groups (broad SMARTS) is 1. The quantitative estimate of drug-likeness (QED) is 0.0565. The van der Waals surface area contributed by atoms with Gasteiger partial charge < -0.3 is 35.0 Å². The van der Waals surface area contributed by atoms with E-state index >= 15 is 8.78 Å². The van der Waals surface area contributed by atoms with E-state index < -0.39 is 85.5 Å². The van der Waals surface area contributed by atoms with Crippen molar-refractivity contribution >= 4 is 54.6 Å². The van der Waals surface area contributed by atoms with Crippen molar-refractivity contribution in [2.45, 2.75) is 56.8 Å². The molecule has 0 aromatic heterocycles. The number of hydrogen-bond donors (Lipinski definition) is 5. The third-order valence-electron chi connectivity index (χ3n) is 8.25. The van der Waals surface area contributed by atoms with Gasteiger partial charge in [0.25, 0.3) is 0 Å². The number of halogens is 7. The minimum atomic E-state index is -5.08. The largest absolute Gasteiger partial charge is 0.495 e. The average Bonchev–Trinajstić information content (AvgIpc) is 3.40. The number of phosphoric ester groups is 1.